The van der Waals surface area contributed by atoms with Crippen molar-refractivity contribution in [2.24, 2.45) is 5.73 Å². The van der Waals surface area contributed by atoms with Gasteiger partial charge in [-0.05, 0) is 36.6 Å². The minimum atomic E-state index is -0.569. The van der Waals surface area contributed by atoms with Gasteiger partial charge in [0.05, 0.1) is 16.8 Å². The molecule has 2 aromatic rings. The molecule has 0 heterocycles. The molecule has 0 aliphatic carbocycles. The summed E-state index contributed by atoms with van der Waals surface area (Å²) < 4.78 is 0.847. The van der Waals surface area contributed by atoms with E-state index < -0.39 is 6.04 Å². The van der Waals surface area contributed by atoms with Gasteiger partial charge in [-0.3, -0.25) is 4.79 Å². The van der Waals surface area contributed by atoms with Crippen molar-refractivity contribution in [1.82, 2.24) is 0 Å². The fourth-order valence-corrected chi connectivity index (χ4v) is 2.44. The van der Waals surface area contributed by atoms with Crippen molar-refractivity contribution in [1.29, 1.82) is 0 Å². The van der Waals surface area contributed by atoms with Crippen molar-refractivity contribution in [2.75, 3.05) is 5.32 Å². The molecule has 2 rings (SSSR count). The largest absolute Gasteiger partial charge is 0.323 e. The van der Waals surface area contributed by atoms with E-state index in [0.717, 1.165) is 10.9 Å². The summed E-state index contributed by atoms with van der Waals surface area (Å²) >= 11 is 9.38. The lowest BCUT2D eigenvalue weighted by Crippen LogP contribution is -2.36. The van der Waals surface area contributed by atoms with Crippen LogP contribution in [0.25, 0.3) is 0 Å². The summed E-state index contributed by atoms with van der Waals surface area (Å²) in [4.78, 5) is 12.1. The molecule has 0 saturated carbocycles. The smallest absolute Gasteiger partial charge is 0.241 e. The van der Waals surface area contributed by atoms with Crippen LogP contribution in [0.3, 0.4) is 0 Å². The highest BCUT2D eigenvalue weighted by atomic mass is 79.9. The number of halogens is 2. The van der Waals surface area contributed by atoms with E-state index in [-0.39, 0.29) is 5.91 Å². The number of hydrogen-bond donors (Lipinski definition) is 2. The highest BCUT2D eigenvalue weighted by Crippen LogP contribution is 2.25. The first-order valence-corrected chi connectivity index (χ1v) is 7.79. The number of nitrogens with one attached hydrogen (secondary N) is 1. The number of anilines is 1. The summed E-state index contributed by atoms with van der Waals surface area (Å²) in [6.07, 6.45) is 1.35. The first-order valence-electron chi connectivity index (χ1n) is 6.61. The Hall–Kier alpha value is -1.36. The zero-order chi connectivity index (χ0) is 15.2. The molecule has 1 amide bonds. The lowest BCUT2D eigenvalue weighted by atomic mass is 10.1. The van der Waals surface area contributed by atoms with Crippen LogP contribution in [0.2, 0.25) is 5.02 Å². The number of rotatable bonds is 5. The molecule has 2 aromatic carbocycles. The minimum Gasteiger partial charge on any atom is -0.323 e. The molecule has 0 saturated heterocycles. The summed E-state index contributed by atoms with van der Waals surface area (Å²) in [6, 6.07) is 14.7. The lowest BCUT2D eigenvalue weighted by molar-refractivity contribution is -0.117. The van der Waals surface area contributed by atoms with E-state index in [9.17, 15) is 4.79 Å². The van der Waals surface area contributed by atoms with Crippen molar-refractivity contribution < 1.29 is 4.79 Å². The Kier molecular flexibility index (Phi) is 5.79. The molecule has 110 valence electrons. The van der Waals surface area contributed by atoms with Gasteiger partial charge >= 0.3 is 0 Å². The Bertz CT molecular complexity index is 619. The SMILES string of the molecule is N[C@@H](CCc1ccccc1)C(=O)Nc1cc(Br)ccc1Cl. The Morgan fingerprint density at radius 2 is 1.95 bits per heavy atom. The zero-order valence-electron chi connectivity index (χ0n) is 11.4. The maximum atomic E-state index is 12.1. The van der Waals surface area contributed by atoms with Crippen LogP contribution in [0.15, 0.2) is 53.0 Å². The fourth-order valence-electron chi connectivity index (χ4n) is 1.92. The topological polar surface area (TPSA) is 55.1 Å². The van der Waals surface area contributed by atoms with Crippen LogP contribution < -0.4 is 11.1 Å². The molecule has 0 bridgehead atoms. The van der Waals surface area contributed by atoms with E-state index in [4.69, 9.17) is 17.3 Å². The van der Waals surface area contributed by atoms with Gasteiger partial charge in [0, 0.05) is 4.47 Å². The van der Waals surface area contributed by atoms with Crippen molar-refractivity contribution in [3.63, 3.8) is 0 Å². The molecular formula is C16H16BrClN2O. The van der Waals surface area contributed by atoms with E-state index in [1.165, 1.54) is 5.56 Å². The molecule has 0 spiro atoms. The standard InChI is InChI=1S/C16H16BrClN2O/c17-12-7-8-13(18)15(10-12)20-16(21)14(19)9-6-11-4-2-1-3-5-11/h1-5,7-8,10,14H,6,9,19H2,(H,20,21)/t14-/m0/s1. The van der Waals surface area contributed by atoms with Gasteiger partial charge in [-0.1, -0.05) is 57.9 Å². The van der Waals surface area contributed by atoms with Gasteiger partial charge in [-0.25, -0.2) is 0 Å². The Morgan fingerprint density at radius 1 is 1.24 bits per heavy atom. The molecule has 0 aliphatic heterocycles. The van der Waals surface area contributed by atoms with E-state index in [0.29, 0.717) is 17.1 Å². The monoisotopic (exact) mass is 366 g/mol. The number of aryl methyl sites for hydroxylation is 1. The van der Waals surface area contributed by atoms with Gasteiger partial charge < -0.3 is 11.1 Å². The summed E-state index contributed by atoms with van der Waals surface area (Å²) in [5.74, 6) is -0.231. The fraction of sp³-hybridized carbons (Fsp3) is 0.188. The average Bonchev–Trinajstić information content (AvgIpc) is 2.49. The van der Waals surface area contributed by atoms with Crippen molar-refractivity contribution >= 4 is 39.1 Å². The minimum absolute atomic E-state index is 0.231. The Labute approximate surface area is 137 Å². The molecule has 5 heteroatoms. The first kappa shape index (κ1) is 16.0. The van der Waals surface area contributed by atoms with Crippen molar-refractivity contribution in [3.8, 4) is 0 Å². The number of nitrogens with two attached hydrogens (primary N) is 1. The summed E-state index contributed by atoms with van der Waals surface area (Å²) in [5.41, 5.74) is 7.66. The number of carbonyl (C=O) groups is 1. The maximum absolute atomic E-state index is 12.1. The molecule has 0 aliphatic rings. The van der Waals surface area contributed by atoms with Crippen LogP contribution in [-0.2, 0) is 11.2 Å². The van der Waals surface area contributed by atoms with Crippen LogP contribution in [0, 0.1) is 0 Å². The van der Waals surface area contributed by atoms with Gasteiger partial charge in [0.25, 0.3) is 0 Å². The first-order chi connectivity index (χ1) is 10.1. The van der Waals surface area contributed by atoms with E-state index in [1.54, 1.807) is 12.1 Å². The van der Waals surface area contributed by atoms with Crippen LogP contribution in [0.5, 0.6) is 0 Å². The molecular weight excluding hydrogens is 352 g/mol. The third kappa shape index (κ3) is 4.84. The van der Waals surface area contributed by atoms with Gasteiger partial charge in [0.1, 0.15) is 0 Å². The molecule has 0 unspecified atom stereocenters. The van der Waals surface area contributed by atoms with Crippen LogP contribution in [-0.4, -0.2) is 11.9 Å². The van der Waals surface area contributed by atoms with Crippen molar-refractivity contribution in [2.45, 2.75) is 18.9 Å². The second-order valence-electron chi connectivity index (χ2n) is 4.74. The molecule has 1 atom stereocenters. The zero-order valence-corrected chi connectivity index (χ0v) is 13.7. The summed E-state index contributed by atoms with van der Waals surface area (Å²) in [5, 5.41) is 3.25. The van der Waals surface area contributed by atoms with Crippen LogP contribution >= 0.6 is 27.5 Å². The Balaban J connectivity index is 1.92. The second-order valence-corrected chi connectivity index (χ2v) is 6.07. The number of carbonyl (C=O) groups excluding carboxylic acids is 1. The summed E-state index contributed by atoms with van der Waals surface area (Å²) in [7, 11) is 0. The molecule has 3 nitrogen and oxygen atoms in total. The van der Waals surface area contributed by atoms with E-state index >= 15 is 0 Å². The van der Waals surface area contributed by atoms with Gasteiger partial charge in [-0.2, -0.15) is 0 Å². The van der Waals surface area contributed by atoms with Crippen LogP contribution in [0.1, 0.15) is 12.0 Å². The molecule has 0 aromatic heterocycles. The lowest BCUT2D eigenvalue weighted by Gasteiger charge is -2.13. The number of benzene rings is 2. The van der Waals surface area contributed by atoms with E-state index in [2.05, 4.69) is 21.2 Å². The highest BCUT2D eigenvalue weighted by molar-refractivity contribution is 9.10. The second kappa shape index (κ2) is 7.59. The predicted octanol–water partition coefficient (Wildman–Crippen LogP) is 4.00. The molecule has 0 radical (unpaired) electrons. The third-order valence-electron chi connectivity index (χ3n) is 3.11. The van der Waals surface area contributed by atoms with Crippen molar-refractivity contribution in [3.05, 3.63) is 63.6 Å². The molecule has 3 N–H and O–H groups in total. The third-order valence-corrected chi connectivity index (χ3v) is 3.93. The maximum Gasteiger partial charge on any atom is 0.241 e. The average molecular weight is 368 g/mol. The molecule has 21 heavy (non-hydrogen) atoms. The van der Waals surface area contributed by atoms with Gasteiger partial charge in [-0.15, -0.1) is 0 Å². The van der Waals surface area contributed by atoms with Gasteiger partial charge in [0.15, 0.2) is 0 Å². The number of amides is 1. The highest BCUT2D eigenvalue weighted by Gasteiger charge is 2.15. The quantitative estimate of drug-likeness (QED) is 0.839. The normalized spacial score (nSPS) is 12.0. The predicted molar refractivity (Wildman–Crippen MR) is 90.5 cm³/mol. The van der Waals surface area contributed by atoms with E-state index in [1.807, 2.05) is 36.4 Å². The summed E-state index contributed by atoms with van der Waals surface area (Å²) in [6.45, 7) is 0. The molecule has 0 fully saturated rings. The Morgan fingerprint density at radius 3 is 2.67 bits per heavy atom. The van der Waals surface area contributed by atoms with Crippen LogP contribution in [0.4, 0.5) is 5.69 Å². The van der Waals surface area contributed by atoms with Gasteiger partial charge in [0.2, 0.25) is 5.91 Å². The number of hydrogen-bond acceptors (Lipinski definition) is 2.